The highest BCUT2D eigenvalue weighted by atomic mass is 79.9. The quantitative estimate of drug-likeness (QED) is 0.431. The normalized spacial score (nSPS) is 15.9. The molecule has 3 aromatic rings. The average Bonchev–Trinajstić information content (AvgIpc) is 3.11. The first kappa shape index (κ1) is 21.2. The van der Waals surface area contributed by atoms with E-state index in [1.54, 1.807) is 7.11 Å². The summed E-state index contributed by atoms with van der Waals surface area (Å²) in [4.78, 5) is 17.4. The van der Waals surface area contributed by atoms with E-state index >= 15 is 0 Å². The van der Waals surface area contributed by atoms with E-state index in [9.17, 15) is 4.79 Å². The zero-order chi connectivity index (χ0) is 21.6. The van der Waals surface area contributed by atoms with Crippen molar-refractivity contribution in [3.05, 3.63) is 93.3 Å². The molecule has 1 amide bonds. The number of carbonyl (C=O) groups is 1. The monoisotopic (exact) mass is 494 g/mol. The van der Waals surface area contributed by atoms with Crippen LogP contribution < -0.4 is 14.8 Å². The Labute approximate surface area is 193 Å². The zero-order valence-corrected chi connectivity index (χ0v) is 19.1. The van der Waals surface area contributed by atoms with E-state index < -0.39 is 0 Å². The molecule has 1 N–H and O–H groups in total. The second-order valence-corrected chi connectivity index (χ2v) is 8.59. The van der Waals surface area contributed by atoms with Gasteiger partial charge in [-0.15, -0.1) is 0 Å². The molecule has 0 aromatic heterocycles. The summed E-state index contributed by atoms with van der Waals surface area (Å²) in [7, 11) is 1.60. The van der Waals surface area contributed by atoms with Crippen molar-refractivity contribution in [1.82, 2.24) is 5.32 Å². The van der Waals surface area contributed by atoms with Crippen LogP contribution in [0.2, 0.25) is 0 Å². The smallest absolute Gasteiger partial charge is 0.264 e. The lowest BCUT2D eigenvalue weighted by atomic mass is 10.2. The molecule has 3 aromatic carbocycles. The highest BCUT2D eigenvalue weighted by Gasteiger charge is 2.24. The lowest BCUT2D eigenvalue weighted by Gasteiger charge is -2.11. The Hall–Kier alpha value is -3.03. The molecule has 31 heavy (non-hydrogen) atoms. The number of halogens is 1. The highest BCUT2D eigenvalue weighted by molar-refractivity contribution is 9.10. The van der Waals surface area contributed by atoms with Crippen LogP contribution in [0.4, 0.5) is 5.69 Å². The molecule has 0 saturated carbocycles. The maximum absolute atomic E-state index is 12.4. The predicted octanol–water partition coefficient (Wildman–Crippen LogP) is 5.93. The number of ether oxygens (including phenoxy) is 2. The van der Waals surface area contributed by atoms with Gasteiger partial charge >= 0.3 is 0 Å². The number of aliphatic imine (C=N–C) groups is 1. The fourth-order valence-electron chi connectivity index (χ4n) is 2.92. The van der Waals surface area contributed by atoms with Crippen LogP contribution in [-0.4, -0.2) is 18.2 Å². The van der Waals surface area contributed by atoms with Crippen molar-refractivity contribution in [3.8, 4) is 11.5 Å². The molecule has 0 atom stereocenters. The van der Waals surface area contributed by atoms with Crippen molar-refractivity contribution in [2.75, 3.05) is 7.11 Å². The molecule has 7 heteroatoms. The Kier molecular flexibility index (Phi) is 6.74. The number of nitrogens with zero attached hydrogens (tertiary/aromatic N) is 1. The second kappa shape index (κ2) is 9.85. The van der Waals surface area contributed by atoms with E-state index in [1.807, 2.05) is 78.9 Å². The summed E-state index contributed by atoms with van der Waals surface area (Å²) in [6, 6.07) is 23.1. The average molecular weight is 495 g/mol. The van der Waals surface area contributed by atoms with Gasteiger partial charge in [-0.1, -0.05) is 58.4 Å². The number of amides is 1. The van der Waals surface area contributed by atoms with Gasteiger partial charge in [0.25, 0.3) is 5.91 Å². The lowest BCUT2D eigenvalue weighted by molar-refractivity contribution is -0.115. The van der Waals surface area contributed by atoms with Gasteiger partial charge in [0.2, 0.25) is 0 Å². The van der Waals surface area contributed by atoms with Crippen molar-refractivity contribution < 1.29 is 14.3 Å². The van der Waals surface area contributed by atoms with Gasteiger partial charge in [-0.05, 0) is 59.3 Å². The van der Waals surface area contributed by atoms with Crippen molar-refractivity contribution in [2.45, 2.75) is 6.61 Å². The molecule has 156 valence electrons. The Morgan fingerprint density at radius 2 is 1.87 bits per heavy atom. The van der Waals surface area contributed by atoms with E-state index in [-0.39, 0.29) is 5.91 Å². The minimum Gasteiger partial charge on any atom is -0.493 e. The molecule has 5 nitrogen and oxygen atoms in total. The Bertz CT molecular complexity index is 1160. The molecule has 1 aliphatic heterocycles. The number of thioether (sulfide) groups is 1. The van der Waals surface area contributed by atoms with E-state index in [1.165, 1.54) is 11.8 Å². The van der Waals surface area contributed by atoms with Gasteiger partial charge in [0.1, 0.15) is 6.61 Å². The van der Waals surface area contributed by atoms with Crippen molar-refractivity contribution >= 4 is 50.5 Å². The Balaban J connectivity index is 1.49. The van der Waals surface area contributed by atoms with Crippen molar-refractivity contribution in [3.63, 3.8) is 0 Å². The van der Waals surface area contributed by atoms with Crippen LogP contribution in [0.15, 0.2) is 87.2 Å². The molecule has 0 unspecified atom stereocenters. The highest BCUT2D eigenvalue weighted by Crippen LogP contribution is 2.33. The predicted molar refractivity (Wildman–Crippen MR) is 129 cm³/mol. The Morgan fingerprint density at radius 1 is 1.03 bits per heavy atom. The molecule has 0 aliphatic carbocycles. The molecule has 4 rings (SSSR count). The number of benzene rings is 3. The third-order valence-electron chi connectivity index (χ3n) is 4.41. The van der Waals surface area contributed by atoms with Crippen LogP contribution in [-0.2, 0) is 11.4 Å². The summed E-state index contributed by atoms with van der Waals surface area (Å²) in [5.74, 6) is 1.08. The molecule has 1 aliphatic rings. The molecule has 1 saturated heterocycles. The van der Waals surface area contributed by atoms with Crippen LogP contribution in [0.3, 0.4) is 0 Å². The molecule has 0 bridgehead atoms. The summed E-state index contributed by atoms with van der Waals surface area (Å²) in [6.07, 6.45) is 1.81. The fourth-order valence-corrected chi connectivity index (χ4v) is 4.15. The Morgan fingerprint density at radius 3 is 2.65 bits per heavy atom. The van der Waals surface area contributed by atoms with E-state index in [0.29, 0.717) is 28.2 Å². The van der Waals surface area contributed by atoms with Gasteiger partial charge < -0.3 is 14.8 Å². The maximum Gasteiger partial charge on any atom is 0.264 e. The summed E-state index contributed by atoms with van der Waals surface area (Å²) < 4.78 is 12.3. The minimum atomic E-state index is -0.179. The van der Waals surface area contributed by atoms with Gasteiger partial charge in [0, 0.05) is 4.47 Å². The third kappa shape index (κ3) is 5.57. The first-order valence-corrected chi connectivity index (χ1v) is 11.1. The number of hydrogen-bond acceptors (Lipinski definition) is 5. The van der Waals surface area contributed by atoms with E-state index in [0.717, 1.165) is 21.3 Å². The minimum absolute atomic E-state index is 0.179. The number of amidine groups is 1. The van der Waals surface area contributed by atoms with Gasteiger partial charge in [-0.25, -0.2) is 4.99 Å². The number of nitrogens with one attached hydrogen (secondary N) is 1. The standard InChI is InChI=1S/C24H19BrN2O3S/c1-29-21-12-17(10-11-20(21)30-15-16-6-3-2-4-7-16)13-22-23(28)27-24(31-22)26-19-9-5-8-18(25)14-19/h2-14H,15H2,1H3,(H,26,27,28)/b22-13-. The van der Waals surface area contributed by atoms with E-state index in [4.69, 9.17) is 9.47 Å². The number of carbonyl (C=O) groups excluding carboxylic acids is 1. The first-order valence-electron chi connectivity index (χ1n) is 9.50. The molecule has 0 radical (unpaired) electrons. The zero-order valence-electron chi connectivity index (χ0n) is 16.7. The third-order valence-corrected chi connectivity index (χ3v) is 5.82. The largest absolute Gasteiger partial charge is 0.493 e. The molecule has 1 fully saturated rings. The number of methoxy groups -OCH3 is 1. The fraction of sp³-hybridized carbons (Fsp3) is 0.0833. The van der Waals surface area contributed by atoms with Gasteiger partial charge in [0.05, 0.1) is 17.7 Å². The second-order valence-electron chi connectivity index (χ2n) is 6.65. The first-order chi connectivity index (χ1) is 15.1. The lowest BCUT2D eigenvalue weighted by Crippen LogP contribution is -2.19. The summed E-state index contributed by atoms with van der Waals surface area (Å²) in [5.41, 5.74) is 2.68. The number of rotatable bonds is 6. The van der Waals surface area contributed by atoms with Crippen LogP contribution in [0.1, 0.15) is 11.1 Å². The van der Waals surface area contributed by atoms with Crippen LogP contribution in [0.25, 0.3) is 6.08 Å². The van der Waals surface area contributed by atoms with Gasteiger partial charge in [-0.3, -0.25) is 4.79 Å². The van der Waals surface area contributed by atoms with Gasteiger partial charge in [0.15, 0.2) is 16.7 Å². The molecular weight excluding hydrogens is 476 g/mol. The molecule has 1 heterocycles. The topological polar surface area (TPSA) is 59.9 Å². The van der Waals surface area contributed by atoms with Crippen LogP contribution in [0.5, 0.6) is 11.5 Å². The van der Waals surface area contributed by atoms with Crippen LogP contribution in [0, 0.1) is 0 Å². The van der Waals surface area contributed by atoms with Crippen molar-refractivity contribution in [1.29, 1.82) is 0 Å². The molecular formula is C24H19BrN2O3S. The summed E-state index contributed by atoms with van der Waals surface area (Å²) in [6.45, 7) is 0.450. The SMILES string of the molecule is COc1cc(/C=C2\SC(=Nc3cccc(Br)c3)NC2=O)ccc1OCc1ccccc1. The van der Waals surface area contributed by atoms with E-state index in [2.05, 4.69) is 26.2 Å². The summed E-state index contributed by atoms with van der Waals surface area (Å²) in [5, 5.41) is 3.35. The van der Waals surface area contributed by atoms with Crippen LogP contribution >= 0.6 is 27.7 Å². The number of hydrogen-bond donors (Lipinski definition) is 1. The summed E-state index contributed by atoms with van der Waals surface area (Å²) >= 11 is 4.73. The van der Waals surface area contributed by atoms with Crippen molar-refractivity contribution in [2.24, 2.45) is 4.99 Å². The molecule has 0 spiro atoms. The van der Waals surface area contributed by atoms with Gasteiger partial charge in [-0.2, -0.15) is 0 Å². The maximum atomic E-state index is 12.4.